The lowest BCUT2D eigenvalue weighted by Gasteiger charge is -2.12. The average Bonchev–Trinajstić information content (AvgIpc) is 3.41. The Morgan fingerprint density at radius 2 is 1.23 bits per heavy atom. The van der Waals surface area contributed by atoms with E-state index in [4.69, 9.17) is 21.6 Å². The number of rotatable bonds is 3. The number of nitrogens with zero attached hydrogens (tertiary/aromatic N) is 2. The molecular formula is C36H21ClN2S. The number of benzene rings is 6. The van der Waals surface area contributed by atoms with Gasteiger partial charge in [0, 0.05) is 41.9 Å². The first-order chi connectivity index (χ1) is 19.7. The minimum absolute atomic E-state index is 0.684. The lowest BCUT2D eigenvalue weighted by Crippen LogP contribution is -1.96. The summed E-state index contributed by atoms with van der Waals surface area (Å²) in [6, 6.07) is 44.3. The molecule has 6 aromatic carbocycles. The van der Waals surface area contributed by atoms with Crippen LogP contribution in [0.2, 0.25) is 5.02 Å². The normalized spacial score (nSPS) is 11.6. The van der Waals surface area contributed by atoms with Crippen molar-refractivity contribution in [3.05, 3.63) is 132 Å². The molecule has 2 heterocycles. The molecule has 0 saturated heterocycles. The maximum Gasteiger partial charge on any atom is 0.160 e. The molecule has 0 unspecified atom stereocenters. The smallest absolute Gasteiger partial charge is 0.160 e. The Kier molecular flexibility index (Phi) is 5.41. The van der Waals surface area contributed by atoms with Crippen LogP contribution in [0.3, 0.4) is 0 Å². The van der Waals surface area contributed by atoms with E-state index in [1.165, 1.54) is 41.7 Å². The van der Waals surface area contributed by atoms with E-state index in [-0.39, 0.29) is 0 Å². The molecule has 2 aromatic heterocycles. The van der Waals surface area contributed by atoms with Gasteiger partial charge in [0.25, 0.3) is 0 Å². The third-order valence-corrected chi connectivity index (χ3v) is 8.93. The number of thiophene rings is 1. The van der Waals surface area contributed by atoms with Crippen LogP contribution in [0.5, 0.6) is 0 Å². The first-order valence-corrected chi connectivity index (χ1v) is 14.4. The molecule has 0 fully saturated rings. The largest absolute Gasteiger partial charge is 0.228 e. The number of fused-ring (bicyclic) bond motifs is 7. The molecule has 0 bridgehead atoms. The Morgan fingerprint density at radius 1 is 0.525 bits per heavy atom. The second-order valence-corrected chi connectivity index (χ2v) is 11.4. The molecule has 0 aliphatic rings. The second-order valence-electron chi connectivity index (χ2n) is 9.95. The molecule has 188 valence electrons. The molecule has 0 atom stereocenters. The van der Waals surface area contributed by atoms with Crippen molar-refractivity contribution in [2.45, 2.75) is 0 Å². The number of halogens is 1. The average molecular weight is 549 g/mol. The molecule has 4 heteroatoms. The minimum atomic E-state index is 0.684. The van der Waals surface area contributed by atoms with Crippen molar-refractivity contribution in [3.8, 4) is 33.9 Å². The van der Waals surface area contributed by atoms with Gasteiger partial charge in [0.2, 0.25) is 0 Å². The lowest BCUT2D eigenvalue weighted by molar-refractivity contribution is 1.19. The third kappa shape index (κ3) is 3.78. The van der Waals surface area contributed by atoms with Crippen LogP contribution in [0.25, 0.3) is 75.6 Å². The highest BCUT2D eigenvalue weighted by Gasteiger charge is 2.19. The summed E-state index contributed by atoms with van der Waals surface area (Å²) in [6.45, 7) is 0. The van der Waals surface area contributed by atoms with E-state index in [0.29, 0.717) is 10.8 Å². The van der Waals surface area contributed by atoms with Crippen LogP contribution in [0.4, 0.5) is 0 Å². The minimum Gasteiger partial charge on any atom is -0.228 e. The van der Waals surface area contributed by atoms with Gasteiger partial charge in [-0.05, 0) is 51.9 Å². The fourth-order valence-corrected chi connectivity index (χ4v) is 7.12. The molecule has 8 rings (SSSR count). The third-order valence-electron chi connectivity index (χ3n) is 7.51. The maximum atomic E-state index is 6.40. The Morgan fingerprint density at radius 3 is 2.05 bits per heavy atom. The first-order valence-electron chi connectivity index (χ1n) is 13.2. The zero-order valence-electron chi connectivity index (χ0n) is 21.3. The monoisotopic (exact) mass is 548 g/mol. The Hall–Kier alpha value is -4.57. The zero-order chi connectivity index (χ0) is 26.6. The molecule has 0 amide bonds. The summed E-state index contributed by atoms with van der Waals surface area (Å²) >= 11 is 8.24. The van der Waals surface area contributed by atoms with Crippen LogP contribution in [-0.2, 0) is 0 Å². The zero-order valence-corrected chi connectivity index (χ0v) is 22.9. The van der Waals surface area contributed by atoms with Gasteiger partial charge in [-0.1, -0.05) is 109 Å². The van der Waals surface area contributed by atoms with Gasteiger partial charge in [0.05, 0.1) is 11.4 Å². The quantitative estimate of drug-likeness (QED) is 0.219. The summed E-state index contributed by atoms with van der Waals surface area (Å²) in [5.74, 6) is 0.695. The molecule has 0 aliphatic heterocycles. The summed E-state index contributed by atoms with van der Waals surface area (Å²) in [6.07, 6.45) is 0. The van der Waals surface area contributed by atoms with Gasteiger partial charge in [0.1, 0.15) is 0 Å². The fourth-order valence-electron chi connectivity index (χ4n) is 5.67. The van der Waals surface area contributed by atoms with E-state index in [0.717, 1.165) is 28.1 Å². The van der Waals surface area contributed by atoms with Crippen molar-refractivity contribution in [3.63, 3.8) is 0 Å². The molecular weight excluding hydrogens is 528 g/mol. The molecule has 0 saturated carbocycles. The van der Waals surface area contributed by atoms with E-state index in [1.807, 2.05) is 53.8 Å². The lowest BCUT2D eigenvalue weighted by atomic mass is 9.96. The predicted molar refractivity (Wildman–Crippen MR) is 171 cm³/mol. The van der Waals surface area contributed by atoms with E-state index in [2.05, 4.69) is 84.9 Å². The highest BCUT2D eigenvalue weighted by Crippen LogP contribution is 2.46. The van der Waals surface area contributed by atoms with Crippen molar-refractivity contribution in [1.29, 1.82) is 0 Å². The SMILES string of the molecule is Clc1cccc(-c2cc(-c3cc4ccccc4c4c3sc3ccc5ccccc5c34)nc(-c3ccccc3)n2)c1. The summed E-state index contributed by atoms with van der Waals surface area (Å²) in [7, 11) is 0. The summed E-state index contributed by atoms with van der Waals surface area (Å²) in [5.41, 5.74) is 4.80. The van der Waals surface area contributed by atoms with E-state index >= 15 is 0 Å². The van der Waals surface area contributed by atoms with Gasteiger partial charge < -0.3 is 0 Å². The Balaban J connectivity index is 1.50. The first kappa shape index (κ1) is 23.3. The van der Waals surface area contributed by atoms with Crippen LogP contribution < -0.4 is 0 Å². The molecule has 2 nitrogen and oxygen atoms in total. The van der Waals surface area contributed by atoms with Crippen molar-refractivity contribution in [2.75, 3.05) is 0 Å². The Labute approximate surface area is 240 Å². The van der Waals surface area contributed by atoms with Crippen molar-refractivity contribution in [2.24, 2.45) is 0 Å². The van der Waals surface area contributed by atoms with Crippen LogP contribution in [0, 0.1) is 0 Å². The van der Waals surface area contributed by atoms with Gasteiger partial charge in [-0.3, -0.25) is 0 Å². The highest BCUT2D eigenvalue weighted by atomic mass is 35.5. The summed E-state index contributed by atoms with van der Waals surface area (Å²) in [5, 5.41) is 8.26. The molecule has 0 radical (unpaired) electrons. The van der Waals surface area contributed by atoms with E-state index in [9.17, 15) is 0 Å². The molecule has 0 aliphatic carbocycles. The van der Waals surface area contributed by atoms with Crippen LogP contribution in [0.1, 0.15) is 0 Å². The molecule has 0 spiro atoms. The summed E-state index contributed by atoms with van der Waals surface area (Å²) in [4.78, 5) is 10.2. The standard InChI is InChI=1S/C36H21ClN2S/c37-26-14-8-13-25(19-26)30-21-31(39-36(38-30)23-10-2-1-3-11-23)29-20-24-12-5-7-16-28(24)34-33-27-15-6-4-9-22(27)17-18-32(33)40-35(29)34/h1-21H. The van der Waals surface area contributed by atoms with E-state index in [1.54, 1.807) is 0 Å². The van der Waals surface area contributed by atoms with Crippen molar-refractivity contribution < 1.29 is 0 Å². The maximum absolute atomic E-state index is 6.40. The van der Waals surface area contributed by atoms with Crippen molar-refractivity contribution >= 4 is 64.7 Å². The van der Waals surface area contributed by atoms with Gasteiger partial charge in [0.15, 0.2) is 5.82 Å². The summed E-state index contributed by atoms with van der Waals surface area (Å²) < 4.78 is 2.51. The fraction of sp³-hybridized carbons (Fsp3) is 0. The van der Waals surface area contributed by atoms with E-state index < -0.39 is 0 Å². The highest BCUT2D eigenvalue weighted by molar-refractivity contribution is 7.26. The number of hydrogen-bond acceptors (Lipinski definition) is 3. The van der Waals surface area contributed by atoms with Gasteiger partial charge >= 0.3 is 0 Å². The number of hydrogen-bond donors (Lipinski definition) is 0. The number of aromatic nitrogens is 2. The molecule has 0 N–H and O–H groups in total. The Bertz CT molecular complexity index is 2230. The van der Waals surface area contributed by atoms with Crippen LogP contribution in [0.15, 0.2) is 127 Å². The van der Waals surface area contributed by atoms with Crippen LogP contribution >= 0.6 is 22.9 Å². The topological polar surface area (TPSA) is 25.8 Å². The van der Waals surface area contributed by atoms with Gasteiger partial charge in [-0.25, -0.2) is 9.97 Å². The van der Waals surface area contributed by atoms with Crippen LogP contribution in [-0.4, -0.2) is 9.97 Å². The second kappa shape index (κ2) is 9.27. The van der Waals surface area contributed by atoms with Gasteiger partial charge in [-0.15, -0.1) is 11.3 Å². The molecule has 8 aromatic rings. The predicted octanol–water partition coefficient (Wildman–Crippen LogP) is 10.8. The van der Waals surface area contributed by atoms with Gasteiger partial charge in [-0.2, -0.15) is 0 Å². The van der Waals surface area contributed by atoms with Crippen molar-refractivity contribution in [1.82, 2.24) is 9.97 Å². The molecule has 40 heavy (non-hydrogen) atoms.